The molecular weight excluding hydrogens is 488 g/mol. The molecule has 0 spiro atoms. The van der Waals surface area contributed by atoms with Crippen molar-refractivity contribution in [2.24, 2.45) is 0 Å². The number of rotatable bonds is 4. The van der Waals surface area contributed by atoms with Crippen LogP contribution in [0.2, 0.25) is 5.02 Å². The molecule has 3 heterocycles. The summed E-state index contributed by atoms with van der Waals surface area (Å²) in [5.74, 6) is -1.34. The molecule has 0 N–H and O–H groups in total. The number of hydrogen-bond donors (Lipinski definition) is 0. The van der Waals surface area contributed by atoms with Crippen molar-refractivity contribution >= 4 is 27.1 Å². The Morgan fingerprint density at radius 1 is 1.12 bits per heavy atom. The van der Waals surface area contributed by atoms with E-state index in [1.54, 1.807) is 0 Å². The van der Waals surface area contributed by atoms with Gasteiger partial charge in [-0.3, -0.25) is 0 Å². The summed E-state index contributed by atoms with van der Waals surface area (Å²) in [6, 6.07) is 6.46. The molecule has 33 heavy (non-hydrogen) atoms. The molecule has 0 aliphatic carbocycles. The van der Waals surface area contributed by atoms with Crippen LogP contribution in [0, 0.1) is 5.82 Å². The zero-order valence-corrected chi connectivity index (χ0v) is 18.2. The standard InChI is InChI=1S/C20H13ClF4N4O3S/c1-2-33(31,32)16-7-11(14-5-4-13(22)8-15(14)21)9-26-18(16)29-19(30)28-10-12(20(23,24)25)3-6-17(28)27-29/h3-10H,2H2,1H3. The van der Waals surface area contributed by atoms with Gasteiger partial charge >= 0.3 is 11.9 Å². The van der Waals surface area contributed by atoms with E-state index in [9.17, 15) is 30.8 Å². The van der Waals surface area contributed by atoms with Crippen molar-refractivity contribution in [1.82, 2.24) is 19.2 Å². The SMILES string of the molecule is CCS(=O)(=O)c1cc(-c2ccc(F)cc2Cl)cnc1-n1nc2ccc(C(F)(F)F)cn2c1=O. The van der Waals surface area contributed by atoms with Gasteiger partial charge in [0.1, 0.15) is 10.7 Å². The van der Waals surface area contributed by atoms with Crippen LogP contribution in [-0.2, 0) is 16.0 Å². The highest BCUT2D eigenvalue weighted by Crippen LogP contribution is 2.32. The molecule has 0 saturated heterocycles. The van der Waals surface area contributed by atoms with E-state index in [1.807, 2.05) is 0 Å². The summed E-state index contributed by atoms with van der Waals surface area (Å²) in [6.07, 6.45) is -2.91. The van der Waals surface area contributed by atoms with Crippen molar-refractivity contribution in [2.45, 2.75) is 18.0 Å². The minimum absolute atomic E-state index is 0.00831. The van der Waals surface area contributed by atoms with Crippen LogP contribution >= 0.6 is 11.6 Å². The first-order valence-electron chi connectivity index (χ1n) is 9.29. The molecule has 0 saturated carbocycles. The third kappa shape index (κ3) is 4.11. The second-order valence-electron chi connectivity index (χ2n) is 6.91. The third-order valence-electron chi connectivity index (χ3n) is 4.83. The van der Waals surface area contributed by atoms with Gasteiger partial charge in [0.05, 0.1) is 16.3 Å². The number of benzene rings is 1. The van der Waals surface area contributed by atoms with Gasteiger partial charge in [-0.2, -0.15) is 17.9 Å². The summed E-state index contributed by atoms with van der Waals surface area (Å²) in [5.41, 5.74) is -1.73. The van der Waals surface area contributed by atoms with Crippen molar-refractivity contribution < 1.29 is 26.0 Å². The Kier molecular flexibility index (Phi) is 5.53. The highest BCUT2D eigenvalue weighted by atomic mass is 35.5. The number of nitrogens with zero attached hydrogens (tertiary/aromatic N) is 4. The molecule has 13 heteroatoms. The largest absolute Gasteiger partial charge is 0.417 e. The molecule has 0 radical (unpaired) electrons. The number of pyridine rings is 2. The fourth-order valence-corrected chi connectivity index (χ4v) is 4.44. The first-order valence-corrected chi connectivity index (χ1v) is 11.3. The molecule has 7 nitrogen and oxygen atoms in total. The van der Waals surface area contributed by atoms with Gasteiger partial charge < -0.3 is 0 Å². The number of sulfone groups is 1. The lowest BCUT2D eigenvalue weighted by Gasteiger charge is -2.11. The predicted octanol–water partition coefficient (Wildman–Crippen LogP) is 4.15. The summed E-state index contributed by atoms with van der Waals surface area (Å²) < 4.78 is 79.4. The van der Waals surface area contributed by atoms with Crippen molar-refractivity contribution in [3.63, 3.8) is 0 Å². The van der Waals surface area contributed by atoms with Crippen molar-refractivity contribution in [1.29, 1.82) is 0 Å². The average molecular weight is 501 g/mol. The second-order valence-corrected chi connectivity index (χ2v) is 9.57. The smallest absolute Gasteiger partial charge is 0.249 e. The summed E-state index contributed by atoms with van der Waals surface area (Å²) >= 11 is 6.07. The van der Waals surface area contributed by atoms with Crippen LogP contribution in [-0.4, -0.2) is 33.3 Å². The lowest BCUT2D eigenvalue weighted by atomic mass is 10.1. The van der Waals surface area contributed by atoms with Crippen LogP contribution in [0.1, 0.15) is 12.5 Å². The Morgan fingerprint density at radius 3 is 2.48 bits per heavy atom. The van der Waals surface area contributed by atoms with Crippen LogP contribution in [0.5, 0.6) is 0 Å². The lowest BCUT2D eigenvalue weighted by molar-refractivity contribution is -0.137. The molecule has 172 valence electrons. The summed E-state index contributed by atoms with van der Waals surface area (Å²) in [7, 11) is -3.98. The zero-order chi connectivity index (χ0) is 24.1. The van der Waals surface area contributed by atoms with Crippen LogP contribution in [0.15, 0.2) is 58.5 Å². The number of hydrogen-bond acceptors (Lipinski definition) is 5. The van der Waals surface area contributed by atoms with E-state index in [1.165, 1.54) is 25.3 Å². The van der Waals surface area contributed by atoms with Gasteiger partial charge in [-0.15, -0.1) is 5.10 Å². The Hall–Kier alpha value is -3.25. The predicted molar refractivity (Wildman–Crippen MR) is 112 cm³/mol. The van der Waals surface area contributed by atoms with Crippen LogP contribution < -0.4 is 5.69 Å². The maximum absolute atomic E-state index is 13.4. The molecule has 0 aliphatic rings. The van der Waals surface area contributed by atoms with Gasteiger partial charge in [-0.1, -0.05) is 18.5 Å². The number of alkyl halides is 3. The minimum atomic E-state index is -4.69. The Labute approximate surface area is 188 Å². The van der Waals surface area contributed by atoms with Crippen molar-refractivity contribution in [2.75, 3.05) is 5.75 Å². The summed E-state index contributed by atoms with van der Waals surface area (Å²) in [6.45, 7) is 1.37. The minimum Gasteiger partial charge on any atom is -0.249 e. The van der Waals surface area contributed by atoms with Crippen molar-refractivity contribution in [3.05, 3.63) is 75.7 Å². The first kappa shape index (κ1) is 22.9. The molecule has 1 aromatic carbocycles. The molecule has 0 unspecified atom stereocenters. The fraction of sp³-hybridized carbons (Fsp3) is 0.150. The normalized spacial score (nSPS) is 12.4. The van der Waals surface area contributed by atoms with Crippen LogP contribution in [0.3, 0.4) is 0 Å². The third-order valence-corrected chi connectivity index (χ3v) is 6.88. The highest BCUT2D eigenvalue weighted by molar-refractivity contribution is 7.91. The van der Waals surface area contributed by atoms with E-state index >= 15 is 0 Å². The number of fused-ring (bicyclic) bond motifs is 1. The van der Waals surface area contributed by atoms with Crippen LogP contribution in [0.25, 0.3) is 22.6 Å². The molecule has 0 aliphatic heterocycles. The maximum Gasteiger partial charge on any atom is 0.417 e. The Balaban J connectivity index is 1.97. The molecule has 0 bridgehead atoms. The van der Waals surface area contributed by atoms with E-state index in [0.717, 1.165) is 24.3 Å². The van der Waals surface area contributed by atoms with Crippen molar-refractivity contribution in [3.8, 4) is 16.9 Å². The second kappa shape index (κ2) is 7.96. The lowest BCUT2D eigenvalue weighted by Crippen LogP contribution is -2.23. The number of halogens is 5. The first-order chi connectivity index (χ1) is 15.4. The van der Waals surface area contributed by atoms with Gasteiger partial charge in [-0.05, 0) is 36.4 Å². The highest BCUT2D eigenvalue weighted by Gasteiger charge is 2.31. The van der Waals surface area contributed by atoms with E-state index in [0.29, 0.717) is 20.8 Å². The maximum atomic E-state index is 13.4. The van der Waals surface area contributed by atoms with Gasteiger partial charge in [0.15, 0.2) is 21.3 Å². The molecule has 4 aromatic rings. The van der Waals surface area contributed by atoms with E-state index in [-0.39, 0.29) is 32.7 Å². The monoisotopic (exact) mass is 500 g/mol. The molecular formula is C20H13ClF4N4O3S. The van der Waals surface area contributed by atoms with E-state index < -0.39 is 33.1 Å². The van der Waals surface area contributed by atoms with E-state index in [4.69, 9.17) is 11.6 Å². The van der Waals surface area contributed by atoms with Gasteiger partial charge in [0.25, 0.3) is 0 Å². The van der Waals surface area contributed by atoms with Gasteiger partial charge in [0, 0.05) is 23.5 Å². The number of aromatic nitrogens is 4. The fourth-order valence-electron chi connectivity index (χ4n) is 3.13. The quantitative estimate of drug-likeness (QED) is 0.393. The Bertz CT molecular complexity index is 1560. The summed E-state index contributed by atoms with van der Waals surface area (Å²) in [5, 5.41) is 3.95. The molecule has 0 amide bonds. The van der Waals surface area contributed by atoms with E-state index in [2.05, 4.69) is 10.1 Å². The molecule has 0 atom stereocenters. The molecule has 0 fully saturated rings. The van der Waals surface area contributed by atoms with Gasteiger partial charge in [-0.25, -0.2) is 27.0 Å². The topological polar surface area (TPSA) is 86.3 Å². The van der Waals surface area contributed by atoms with Crippen LogP contribution in [0.4, 0.5) is 17.6 Å². The average Bonchev–Trinajstić information content (AvgIpc) is 3.08. The zero-order valence-electron chi connectivity index (χ0n) is 16.6. The van der Waals surface area contributed by atoms with Gasteiger partial charge in [0.2, 0.25) is 0 Å². The summed E-state index contributed by atoms with van der Waals surface area (Å²) in [4.78, 5) is 16.5. The molecule has 4 rings (SSSR count). The Morgan fingerprint density at radius 2 is 1.85 bits per heavy atom. The molecule has 3 aromatic heterocycles.